The Hall–Kier alpha value is -3.16. The van der Waals surface area contributed by atoms with Crippen LogP contribution in [0, 0.1) is 41.5 Å². The third-order valence-corrected chi connectivity index (χ3v) is 9.83. The normalized spacial score (nSPS) is 14.6. The molecule has 41 heavy (non-hydrogen) atoms. The summed E-state index contributed by atoms with van der Waals surface area (Å²) in [6, 6.07) is 12.4. The van der Waals surface area contributed by atoms with Crippen molar-refractivity contribution in [2.45, 2.75) is 92.1 Å². The summed E-state index contributed by atoms with van der Waals surface area (Å²) in [6.07, 6.45) is 0.198. The molecule has 1 N–H and O–H groups in total. The minimum atomic E-state index is -3.63. The van der Waals surface area contributed by atoms with Gasteiger partial charge in [-0.1, -0.05) is 36.4 Å². The van der Waals surface area contributed by atoms with E-state index in [1.54, 1.807) is 0 Å². The number of hydrogen-bond acceptors (Lipinski definition) is 5. The Bertz CT molecular complexity index is 1610. The molecule has 0 bridgehead atoms. The van der Waals surface area contributed by atoms with Gasteiger partial charge < -0.3 is 9.47 Å². The second-order valence-corrected chi connectivity index (χ2v) is 14.3. The summed E-state index contributed by atoms with van der Waals surface area (Å²) in [5, 5.41) is -0.417. The Balaban J connectivity index is 2.18. The van der Waals surface area contributed by atoms with Crippen LogP contribution in [0.15, 0.2) is 36.4 Å². The van der Waals surface area contributed by atoms with Gasteiger partial charge in [-0.25, -0.2) is 13.2 Å². The Labute approximate surface area is 245 Å². The molecule has 1 unspecified atom stereocenters. The van der Waals surface area contributed by atoms with E-state index in [-0.39, 0.29) is 0 Å². The van der Waals surface area contributed by atoms with E-state index in [1.165, 1.54) is 7.11 Å². The summed E-state index contributed by atoms with van der Waals surface area (Å²) in [4.78, 5) is 13.4. The molecule has 1 fully saturated rings. The van der Waals surface area contributed by atoms with Gasteiger partial charge in [0.15, 0.2) is 6.10 Å². The second kappa shape index (κ2) is 11.3. The molecule has 1 atom stereocenters. The first-order valence-electron chi connectivity index (χ1n) is 14.1. The molecule has 0 saturated heterocycles. The third-order valence-electron chi connectivity index (χ3n) is 8.00. The highest BCUT2D eigenvalue weighted by Crippen LogP contribution is 2.48. The lowest BCUT2D eigenvalue weighted by molar-refractivity contribution is -0.164. The van der Waals surface area contributed by atoms with Gasteiger partial charge in [-0.05, 0) is 125 Å². The van der Waals surface area contributed by atoms with Crippen LogP contribution in [-0.2, 0) is 24.3 Å². The number of sulfonamides is 1. The van der Waals surface area contributed by atoms with Crippen LogP contribution in [0.2, 0.25) is 0 Å². The maximum atomic E-state index is 13.4. The summed E-state index contributed by atoms with van der Waals surface area (Å²) in [5.41, 5.74) is 9.90. The number of esters is 1. The third kappa shape index (κ3) is 6.36. The van der Waals surface area contributed by atoms with Crippen LogP contribution in [0.3, 0.4) is 0 Å². The SMILES string of the molecule is COC(=O)C(OC(C)(C)C)c1c(C)c(NS(=O)(=O)C2CC2)c(-c2ccc(C)c(C)c2)c(C)c1-c1ccc(C)c(C)c1. The molecular weight excluding hydrogens is 534 g/mol. The van der Waals surface area contributed by atoms with Gasteiger partial charge in [0.05, 0.1) is 23.6 Å². The highest BCUT2D eigenvalue weighted by atomic mass is 32.2. The van der Waals surface area contributed by atoms with Gasteiger partial charge in [0, 0.05) is 11.1 Å². The fourth-order valence-corrected chi connectivity index (χ4v) is 6.76. The Kier molecular flexibility index (Phi) is 8.45. The topological polar surface area (TPSA) is 81.7 Å². The molecule has 220 valence electrons. The zero-order chi connectivity index (χ0) is 30.4. The Morgan fingerprint density at radius 1 is 0.829 bits per heavy atom. The minimum absolute atomic E-state index is 0.417. The number of anilines is 1. The minimum Gasteiger partial charge on any atom is -0.467 e. The van der Waals surface area contributed by atoms with E-state index in [0.717, 1.165) is 50.1 Å². The zero-order valence-electron chi connectivity index (χ0n) is 26.0. The van der Waals surface area contributed by atoms with Crippen LogP contribution < -0.4 is 4.72 Å². The number of benzene rings is 3. The summed E-state index contributed by atoms with van der Waals surface area (Å²) in [6.45, 7) is 17.8. The van der Waals surface area contributed by atoms with Gasteiger partial charge in [0.25, 0.3) is 0 Å². The van der Waals surface area contributed by atoms with Gasteiger partial charge in [0.2, 0.25) is 10.0 Å². The predicted octanol–water partition coefficient (Wildman–Crippen LogP) is 7.80. The number of carbonyl (C=O) groups excluding carboxylic acids is 1. The van der Waals surface area contributed by atoms with Crippen molar-refractivity contribution < 1.29 is 22.7 Å². The summed E-state index contributed by atoms with van der Waals surface area (Å²) >= 11 is 0. The molecule has 0 radical (unpaired) electrons. The zero-order valence-corrected chi connectivity index (χ0v) is 26.8. The molecule has 0 amide bonds. The van der Waals surface area contributed by atoms with Gasteiger partial charge in [-0.3, -0.25) is 4.72 Å². The molecule has 6 nitrogen and oxygen atoms in total. The largest absolute Gasteiger partial charge is 0.467 e. The standard InChI is InChI=1S/C34H43NO5S/c1-19-11-13-25(17-21(19)3)28-23(5)29(26-14-12-20(2)22(4)18-26)31(35-41(37,38)27-15-16-27)24(6)30(28)32(33(36)39-10)40-34(7,8)9/h11-14,17-18,27,32,35H,15-16H2,1-10H3. The molecule has 1 aliphatic rings. The fourth-order valence-electron chi connectivity index (χ4n) is 5.30. The van der Waals surface area contributed by atoms with Crippen LogP contribution in [-0.4, -0.2) is 32.3 Å². The quantitative estimate of drug-likeness (QED) is 0.276. The first-order chi connectivity index (χ1) is 19.1. The lowest BCUT2D eigenvalue weighted by Gasteiger charge is -2.32. The average molecular weight is 578 g/mol. The van der Waals surface area contributed by atoms with E-state index in [2.05, 4.69) is 62.7 Å². The van der Waals surface area contributed by atoms with Crippen molar-refractivity contribution in [2.24, 2.45) is 0 Å². The molecule has 0 aliphatic heterocycles. The average Bonchev–Trinajstić information content (AvgIpc) is 3.74. The predicted molar refractivity (Wildman–Crippen MR) is 167 cm³/mol. The highest BCUT2D eigenvalue weighted by molar-refractivity contribution is 7.93. The molecule has 3 aromatic carbocycles. The lowest BCUT2D eigenvalue weighted by atomic mass is 9.81. The molecule has 1 saturated carbocycles. The van der Waals surface area contributed by atoms with Crippen molar-refractivity contribution in [3.63, 3.8) is 0 Å². The van der Waals surface area contributed by atoms with Crippen LogP contribution in [0.25, 0.3) is 22.3 Å². The van der Waals surface area contributed by atoms with E-state index < -0.39 is 32.9 Å². The van der Waals surface area contributed by atoms with E-state index in [9.17, 15) is 13.2 Å². The monoisotopic (exact) mass is 577 g/mol. The maximum Gasteiger partial charge on any atom is 0.339 e. The first-order valence-corrected chi connectivity index (χ1v) is 15.7. The maximum absolute atomic E-state index is 13.4. The number of aryl methyl sites for hydroxylation is 4. The van der Waals surface area contributed by atoms with Gasteiger partial charge in [-0.15, -0.1) is 0 Å². The van der Waals surface area contributed by atoms with Crippen molar-refractivity contribution in [2.75, 3.05) is 11.8 Å². The molecule has 0 spiro atoms. The molecule has 0 aromatic heterocycles. The van der Waals surface area contributed by atoms with Crippen LogP contribution in [0.4, 0.5) is 5.69 Å². The molecule has 1 aliphatic carbocycles. The number of carbonyl (C=O) groups is 1. The van der Waals surface area contributed by atoms with Crippen molar-refractivity contribution in [3.05, 3.63) is 75.3 Å². The highest BCUT2D eigenvalue weighted by Gasteiger charge is 2.39. The number of rotatable bonds is 8. The van der Waals surface area contributed by atoms with E-state index in [1.807, 2.05) is 40.7 Å². The molecule has 3 aromatic rings. The van der Waals surface area contributed by atoms with Gasteiger partial charge in [-0.2, -0.15) is 0 Å². The smallest absolute Gasteiger partial charge is 0.339 e. The molecule has 4 rings (SSSR count). The van der Waals surface area contributed by atoms with Gasteiger partial charge >= 0.3 is 5.97 Å². The second-order valence-electron chi connectivity index (χ2n) is 12.4. The fraction of sp³-hybridized carbons (Fsp3) is 0.441. The Morgan fingerprint density at radius 2 is 1.34 bits per heavy atom. The summed E-state index contributed by atoms with van der Waals surface area (Å²) < 4.78 is 41.5. The van der Waals surface area contributed by atoms with E-state index >= 15 is 0 Å². The van der Waals surface area contributed by atoms with Crippen LogP contribution in [0.5, 0.6) is 0 Å². The Morgan fingerprint density at radius 3 is 1.78 bits per heavy atom. The lowest BCUT2D eigenvalue weighted by Crippen LogP contribution is -2.30. The number of methoxy groups -OCH3 is 1. The van der Waals surface area contributed by atoms with Crippen molar-refractivity contribution >= 4 is 21.7 Å². The van der Waals surface area contributed by atoms with E-state index in [4.69, 9.17) is 9.47 Å². The van der Waals surface area contributed by atoms with Crippen LogP contribution >= 0.6 is 0 Å². The number of nitrogens with one attached hydrogen (secondary N) is 1. The van der Waals surface area contributed by atoms with Crippen molar-refractivity contribution in [1.82, 2.24) is 0 Å². The van der Waals surface area contributed by atoms with E-state index in [0.29, 0.717) is 29.7 Å². The molecule has 0 heterocycles. The number of hydrogen-bond donors (Lipinski definition) is 1. The van der Waals surface area contributed by atoms with Crippen LogP contribution in [0.1, 0.15) is 78.7 Å². The van der Waals surface area contributed by atoms with Crippen molar-refractivity contribution in [1.29, 1.82) is 0 Å². The molecular formula is C34H43NO5S. The first kappa shape index (κ1) is 30.8. The van der Waals surface area contributed by atoms with Crippen molar-refractivity contribution in [3.8, 4) is 22.3 Å². The summed E-state index contributed by atoms with van der Waals surface area (Å²) in [7, 11) is -2.28. The molecule has 7 heteroatoms. The van der Waals surface area contributed by atoms with Gasteiger partial charge in [0.1, 0.15) is 0 Å². The number of ether oxygens (including phenoxy) is 2. The summed E-state index contributed by atoms with van der Waals surface area (Å²) in [5.74, 6) is -0.539.